The summed E-state index contributed by atoms with van der Waals surface area (Å²) in [6.45, 7) is 1.00. The molecule has 0 aliphatic carbocycles. The Morgan fingerprint density at radius 2 is 1.57 bits per heavy atom. The minimum atomic E-state index is -5.40. The van der Waals surface area contributed by atoms with Gasteiger partial charge in [0, 0.05) is 5.71 Å². The summed E-state index contributed by atoms with van der Waals surface area (Å²) in [5, 5.41) is 22.8. The third-order valence-electron chi connectivity index (χ3n) is 4.17. The molecule has 0 saturated carbocycles. The van der Waals surface area contributed by atoms with Crippen LogP contribution in [0.1, 0.15) is 23.6 Å². The molecule has 3 unspecified atom stereocenters. The highest BCUT2D eigenvalue weighted by Crippen LogP contribution is 2.44. The maximum Gasteiger partial charge on any atom is 0.417 e. The van der Waals surface area contributed by atoms with E-state index in [0.29, 0.717) is 0 Å². The van der Waals surface area contributed by atoms with Crippen molar-refractivity contribution in [1.29, 1.82) is 5.26 Å². The molecule has 1 aliphatic rings. The molecule has 0 fully saturated rings. The highest BCUT2D eigenvalue weighted by atomic mass is 127. The van der Waals surface area contributed by atoms with Crippen LogP contribution in [0.25, 0.3) is 0 Å². The number of alkyl halides is 9. The zero-order valence-electron chi connectivity index (χ0n) is 14.4. The van der Waals surface area contributed by atoms with Crippen molar-refractivity contribution in [1.82, 2.24) is 0 Å². The summed E-state index contributed by atoms with van der Waals surface area (Å²) in [6, 6.07) is 1.05. The second-order valence-electron chi connectivity index (χ2n) is 6.10. The molecule has 5 nitrogen and oxygen atoms in total. The summed E-state index contributed by atoms with van der Waals surface area (Å²) in [7, 11) is 0. The maximum atomic E-state index is 13.3. The molecule has 0 radical (unpaired) electrons. The van der Waals surface area contributed by atoms with Crippen molar-refractivity contribution in [3.63, 3.8) is 0 Å². The first-order chi connectivity index (χ1) is 13.5. The first-order valence-corrected chi connectivity index (χ1v) is 8.51. The Morgan fingerprint density at radius 3 is 1.90 bits per heavy atom. The number of hydrazone groups is 1. The van der Waals surface area contributed by atoms with Crippen LogP contribution >= 0.6 is 23.0 Å². The number of rotatable bonds is 3. The molecule has 1 heterocycles. The van der Waals surface area contributed by atoms with Crippen molar-refractivity contribution in [3.05, 3.63) is 28.8 Å². The summed E-state index contributed by atoms with van der Waals surface area (Å²) in [4.78, 5) is 0. The molecule has 1 aromatic rings. The zero-order valence-corrected chi connectivity index (χ0v) is 16.5. The molecular weight excluding hydrogens is 552 g/mol. The van der Waals surface area contributed by atoms with E-state index in [0.717, 1.165) is 36.0 Å². The fourth-order valence-corrected chi connectivity index (χ4v) is 3.49. The van der Waals surface area contributed by atoms with Crippen LogP contribution in [0, 0.1) is 17.2 Å². The monoisotopic (exact) mass is 561 g/mol. The van der Waals surface area contributed by atoms with Crippen LogP contribution < -0.4 is 5.01 Å². The quantitative estimate of drug-likeness (QED) is 0.416. The molecular formula is C15H9F9IN3O2. The predicted molar refractivity (Wildman–Crippen MR) is 91.2 cm³/mol. The molecule has 15 heteroatoms. The number of aliphatic hydroxyl groups is 1. The largest absolute Gasteiger partial charge is 0.417 e. The van der Waals surface area contributed by atoms with E-state index in [1.165, 1.54) is 0 Å². The van der Waals surface area contributed by atoms with Gasteiger partial charge in [0.2, 0.25) is 0 Å². The van der Waals surface area contributed by atoms with Gasteiger partial charge in [0.15, 0.2) is 12.3 Å². The van der Waals surface area contributed by atoms with Gasteiger partial charge in [0.25, 0.3) is 0 Å². The lowest BCUT2D eigenvalue weighted by atomic mass is 9.95. The average molecular weight is 561 g/mol. The Bertz CT molecular complexity index is 854. The minimum absolute atomic E-state index is 0.101. The van der Waals surface area contributed by atoms with E-state index in [1.807, 2.05) is 0 Å². The molecule has 0 spiro atoms. The van der Waals surface area contributed by atoms with Crippen LogP contribution in [0.5, 0.6) is 0 Å². The van der Waals surface area contributed by atoms with E-state index in [9.17, 15) is 44.6 Å². The lowest BCUT2D eigenvalue weighted by molar-refractivity contribution is -0.201. The summed E-state index contributed by atoms with van der Waals surface area (Å²) in [5.74, 6) is -1.93. The van der Waals surface area contributed by atoms with Gasteiger partial charge in [-0.2, -0.15) is 49.9 Å². The second kappa shape index (κ2) is 8.04. The van der Waals surface area contributed by atoms with Gasteiger partial charge in [0.05, 0.1) is 28.3 Å². The van der Waals surface area contributed by atoms with Gasteiger partial charge in [-0.05, 0) is 19.1 Å². The van der Waals surface area contributed by atoms with Gasteiger partial charge in [0.1, 0.15) is 29.1 Å². The number of benzene rings is 1. The standard InChI is InChI=1S/C15H9F9IN3O2/c1-5-10(11(30-25)15(22,23)24)12(29)28(27-5)6-2-8(13(16,17)18)7(4-26)9(3-6)14(19,20)21/h2-3,10-12,29H,1H3. The van der Waals surface area contributed by atoms with Crippen LogP contribution in [0.4, 0.5) is 45.2 Å². The smallest absolute Gasteiger partial charge is 0.371 e. The summed E-state index contributed by atoms with van der Waals surface area (Å²) in [6.07, 6.45) is -20.7. The van der Waals surface area contributed by atoms with E-state index < -0.39 is 64.9 Å². The van der Waals surface area contributed by atoms with Crippen LogP contribution in [0.3, 0.4) is 0 Å². The molecule has 166 valence electrons. The third-order valence-corrected chi connectivity index (χ3v) is 4.72. The molecule has 0 amide bonds. The highest BCUT2D eigenvalue weighted by Gasteiger charge is 2.53. The SMILES string of the molecule is CC1=NN(c2cc(C(F)(F)F)c(C#N)c(C(F)(F)F)c2)C(O)C1C(OI)C(F)(F)F. The highest BCUT2D eigenvalue weighted by molar-refractivity contribution is 14.1. The molecule has 2 rings (SSSR count). The van der Waals surface area contributed by atoms with Gasteiger partial charge >= 0.3 is 18.5 Å². The molecule has 0 bridgehead atoms. The fraction of sp³-hybridized carbons (Fsp3) is 0.467. The molecule has 0 saturated heterocycles. The number of aliphatic hydroxyl groups excluding tert-OH is 1. The normalized spacial score (nSPS) is 21.4. The Hall–Kier alpha value is -1.80. The number of hydrogen-bond acceptors (Lipinski definition) is 5. The molecule has 30 heavy (non-hydrogen) atoms. The second-order valence-corrected chi connectivity index (χ2v) is 6.61. The number of nitrogens with zero attached hydrogens (tertiary/aromatic N) is 3. The van der Waals surface area contributed by atoms with Gasteiger partial charge in [-0.15, -0.1) is 0 Å². The number of halogens is 10. The maximum absolute atomic E-state index is 13.3. The lowest BCUT2D eigenvalue weighted by Crippen LogP contribution is -2.46. The first kappa shape index (κ1) is 24.5. The molecule has 0 aromatic heterocycles. The van der Waals surface area contributed by atoms with Crippen LogP contribution in [0.15, 0.2) is 17.2 Å². The molecule has 3 atom stereocenters. The van der Waals surface area contributed by atoms with Crippen LogP contribution in [0.2, 0.25) is 0 Å². The topological polar surface area (TPSA) is 68.9 Å². The van der Waals surface area contributed by atoms with Crippen molar-refractivity contribution in [2.45, 2.75) is 37.8 Å². The van der Waals surface area contributed by atoms with Gasteiger partial charge in [-0.3, -0.25) is 0 Å². The van der Waals surface area contributed by atoms with E-state index in [1.54, 1.807) is 0 Å². The van der Waals surface area contributed by atoms with Crippen molar-refractivity contribution in [2.75, 3.05) is 5.01 Å². The van der Waals surface area contributed by atoms with Crippen molar-refractivity contribution in [2.24, 2.45) is 11.0 Å². The molecule has 1 aromatic carbocycles. The zero-order chi connectivity index (χ0) is 23.2. The number of anilines is 1. The van der Waals surface area contributed by atoms with Gasteiger partial charge < -0.3 is 8.17 Å². The fourth-order valence-electron chi connectivity index (χ4n) is 2.89. The predicted octanol–water partition coefficient (Wildman–Crippen LogP) is 5.02. The van der Waals surface area contributed by atoms with Crippen LogP contribution in [-0.2, 0) is 15.4 Å². The molecule has 1 N–H and O–H groups in total. The first-order valence-electron chi connectivity index (χ1n) is 7.63. The number of hydrogen-bond donors (Lipinski definition) is 1. The summed E-state index contributed by atoms with van der Waals surface area (Å²) < 4.78 is 123. The number of nitriles is 1. The van der Waals surface area contributed by atoms with E-state index >= 15 is 0 Å². The lowest BCUT2D eigenvalue weighted by Gasteiger charge is -2.29. The van der Waals surface area contributed by atoms with Crippen molar-refractivity contribution >= 4 is 34.4 Å². The third kappa shape index (κ3) is 4.59. The molecule has 1 aliphatic heterocycles. The Kier molecular flexibility index (Phi) is 6.56. The van der Waals surface area contributed by atoms with Crippen molar-refractivity contribution < 1.29 is 47.7 Å². The Balaban J connectivity index is 2.67. The minimum Gasteiger partial charge on any atom is -0.371 e. The summed E-state index contributed by atoms with van der Waals surface area (Å²) in [5.41, 5.74) is -7.11. The Morgan fingerprint density at radius 1 is 1.10 bits per heavy atom. The van der Waals surface area contributed by atoms with E-state index in [-0.39, 0.29) is 17.1 Å². The van der Waals surface area contributed by atoms with E-state index in [2.05, 4.69) is 8.17 Å². The van der Waals surface area contributed by atoms with Gasteiger partial charge in [-0.1, -0.05) is 0 Å². The van der Waals surface area contributed by atoms with Gasteiger partial charge in [-0.25, -0.2) is 5.01 Å². The van der Waals surface area contributed by atoms with Crippen LogP contribution in [-0.4, -0.2) is 29.3 Å². The Labute approximate surface area is 176 Å². The average Bonchev–Trinajstić information content (AvgIpc) is 2.87. The van der Waals surface area contributed by atoms with E-state index in [4.69, 9.17) is 5.26 Å². The summed E-state index contributed by atoms with van der Waals surface area (Å²) >= 11 is 0.909. The van der Waals surface area contributed by atoms with Crippen molar-refractivity contribution in [3.8, 4) is 6.07 Å².